The van der Waals surface area contributed by atoms with Crippen LogP contribution in [0.15, 0.2) is 4.52 Å². The van der Waals surface area contributed by atoms with Crippen molar-refractivity contribution >= 4 is 12.0 Å². The number of aryl methyl sites for hydroxylation is 2. The molecule has 19 heavy (non-hydrogen) atoms. The molecule has 0 bridgehead atoms. The maximum Gasteiger partial charge on any atom is 0.326 e. The van der Waals surface area contributed by atoms with E-state index in [1.807, 2.05) is 0 Å². The molecule has 1 aromatic heterocycles. The summed E-state index contributed by atoms with van der Waals surface area (Å²) in [5.41, 5.74) is 1.42. The molecule has 0 saturated carbocycles. The number of hydrogen-bond acceptors (Lipinski definition) is 5. The maximum atomic E-state index is 11.5. The zero-order valence-corrected chi connectivity index (χ0v) is 10.8. The largest absolute Gasteiger partial charge is 0.480 e. The number of aliphatic hydroxyl groups excluding tert-OH is 1. The number of carbonyl (C=O) groups is 2. The minimum absolute atomic E-state index is 0.0475. The van der Waals surface area contributed by atoms with Gasteiger partial charge in [0, 0.05) is 25.1 Å². The first-order valence-electron chi connectivity index (χ1n) is 5.75. The van der Waals surface area contributed by atoms with Crippen LogP contribution in [0.1, 0.15) is 23.4 Å². The number of amides is 2. The molecule has 0 radical (unpaired) electrons. The van der Waals surface area contributed by atoms with Crippen molar-refractivity contribution in [2.24, 2.45) is 0 Å². The number of aliphatic hydroxyl groups is 1. The third kappa shape index (κ3) is 4.25. The molecular formula is C11H17N3O5. The predicted octanol–water partition coefficient (Wildman–Crippen LogP) is -0.0738. The highest BCUT2D eigenvalue weighted by molar-refractivity contribution is 5.82. The van der Waals surface area contributed by atoms with Gasteiger partial charge in [0.15, 0.2) is 0 Å². The molecule has 0 saturated heterocycles. The van der Waals surface area contributed by atoms with Gasteiger partial charge in [0.25, 0.3) is 0 Å². The van der Waals surface area contributed by atoms with Gasteiger partial charge in [-0.25, -0.2) is 9.59 Å². The Morgan fingerprint density at radius 1 is 1.42 bits per heavy atom. The average Bonchev–Trinajstić information content (AvgIpc) is 2.66. The molecule has 1 rings (SSSR count). The van der Waals surface area contributed by atoms with Crippen LogP contribution in [0.25, 0.3) is 0 Å². The maximum absolute atomic E-state index is 11.5. The van der Waals surface area contributed by atoms with Gasteiger partial charge in [-0.2, -0.15) is 0 Å². The second-order valence-electron chi connectivity index (χ2n) is 4.03. The van der Waals surface area contributed by atoms with E-state index in [2.05, 4.69) is 15.8 Å². The van der Waals surface area contributed by atoms with Crippen LogP contribution >= 0.6 is 0 Å². The third-order valence-electron chi connectivity index (χ3n) is 2.63. The fourth-order valence-electron chi connectivity index (χ4n) is 1.52. The third-order valence-corrected chi connectivity index (χ3v) is 2.63. The van der Waals surface area contributed by atoms with Gasteiger partial charge in [0.2, 0.25) is 0 Å². The monoisotopic (exact) mass is 271 g/mol. The number of carboxylic acids is 1. The first-order valence-corrected chi connectivity index (χ1v) is 5.75. The number of urea groups is 1. The summed E-state index contributed by atoms with van der Waals surface area (Å²) in [5, 5.41) is 26.0. The molecule has 0 aliphatic carbocycles. The highest BCUT2D eigenvalue weighted by Crippen LogP contribution is 2.11. The number of aromatic nitrogens is 1. The van der Waals surface area contributed by atoms with E-state index >= 15 is 0 Å². The quantitative estimate of drug-likeness (QED) is 0.574. The van der Waals surface area contributed by atoms with Gasteiger partial charge in [-0.15, -0.1) is 0 Å². The first kappa shape index (κ1) is 15.0. The van der Waals surface area contributed by atoms with E-state index < -0.39 is 18.0 Å². The van der Waals surface area contributed by atoms with E-state index in [-0.39, 0.29) is 19.6 Å². The van der Waals surface area contributed by atoms with Crippen molar-refractivity contribution in [1.82, 2.24) is 15.8 Å². The van der Waals surface area contributed by atoms with Crippen LogP contribution in [-0.2, 0) is 11.3 Å². The van der Waals surface area contributed by atoms with Gasteiger partial charge in [0.1, 0.15) is 11.8 Å². The molecule has 8 nitrogen and oxygen atoms in total. The van der Waals surface area contributed by atoms with Gasteiger partial charge < -0.3 is 25.4 Å². The van der Waals surface area contributed by atoms with Gasteiger partial charge in [-0.1, -0.05) is 5.16 Å². The van der Waals surface area contributed by atoms with E-state index in [0.29, 0.717) is 11.5 Å². The van der Waals surface area contributed by atoms with E-state index in [4.69, 9.17) is 14.7 Å². The van der Waals surface area contributed by atoms with Crippen molar-refractivity contribution in [1.29, 1.82) is 0 Å². The Labute approximate surface area is 109 Å². The molecule has 4 N–H and O–H groups in total. The summed E-state index contributed by atoms with van der Waals surface area (Å²) < 4.78 is 4.94. The summed E-state index contributed by atoms with van der Waals surface area (Å²) in [6.45, 7) is 3.34. The van der Waals surface area contributed by atoms with E-state index in [0.717, 1.165) is 5.56 Å². The van der Waals surface area contributed by atoms with Crippen molar-refractivity contribution in [3.8, 4) is 0 Å². The van der Waals surface area contributed by atoms with Crippen LogP contribution < -0.4 is 10.6 Å². The molecule has 106 valence electrons. The standard InChI is InChI=1S/C11H17N3O5/c1-6-8(7(2)19-14-6)5-12-11(18)13-9(3-4-15)10(16)17/h9,15H,3-5H2,1-2H3,(H,16,17)(H2,12,13,18)/t9-/m1/s1. The van der Waals surface area contributed by atoms with Crippen molar-refractivity contribution in [2.75, 3.05) is 6.61 Å². The van der Waals surface area contributed by atoms with Crippen LogP contribution in [0.4, 0.5) is 4.79 Å². The van der Waals surface area contributed by atoms with Gasteiger partial charge in [-0.05, 0) is 13.8 Å². The summed E-state index contributed by atoms with van der Waals surface area (Å²) in [4.78, 5) is 22.3. The van der Waals surface area contributed by atoms with Gasteiger partial charge in [-0.3, -0.25) is 0 Å². The Morgan fingerprint density at radius 3 is 2.58 bits per heavy atom. The minimum atomic E-state index is -1.19. The molecule has 0 fully saturated rings. The Morgan fingerprint density at radius 2 is 2.11 bits per heavy atom. The van der Waals surface area contributed by atoms with Gasteiger partial charge in [0.05, 0.1) is 5.69 Å². The fraction of sp³-hybridized carbons (Fsp3) is 0.545. The SMILES string of the molecule is Cc1noc(C)c1CNC(=O)N[C@H](CCO)C(=O)O. The summed E-state index contributed by atoms with van der Waals surface area (Å²) in [6, 6.07) is -1.74. The second-order valence-corrected chi connectivity index (χ2v) is 4.03. The van der Waals surface area contributed by atoms with Gasteiger partial charge >= 0.3 is 12.0 Å². The zero-order valence-electron chi connectivity index (χ0n) is 10.8. The average molecular weight is 271 g/mol. The van der Waals surface area contributed by atoms with Crippen molar-refractivity contribution in [3.63, 3.8) is 0 Å². The second kappa shape index (κ2) is 6.74. The number of carbonyl (C=O) groups excluding carboxylic acids is 1. The van der Waals surface area contributed by atoms with Crippen LogP contribution in [0.2, 0.25) is 0 Å². The number of carboxylic acid groups (broad SMARTS) is 1. The topological polar surface area (TPSA) is 125 Å². The zero-order chi connectivity index (χ0) is 14.4. The van der Waals surface area contributed by atoms with Crippen molar-refractivity contribution in [2.45, 2.75) is 32.9 Å². The first-order chi connectivity index (χ1) is 8.95. The molecule has 8 heteroatoms. The number of rotatable bonds is 6. The lowest BCUT2D eigenvalue weighted by Crippen LogP contribution is -2.46. The van der Waals surface area contributed by atoms with E-state index in [1.165, 1.54) is 0 Å². The summed E-state index contributed by atoms with van der Waals surface area (Å²) in [5.74, 6) is -0.593. The Hall–Kier alpha value is -2.09. The van der Waals surface area contributed by atoms with E-state index in [1.54, 1.807) is 13.8 Å². The molecule has 1 atom stereocenters. The Balaban J connectivity index is 2.49. The van der Waals surface area contributed by atoms with E-state index in [9.17, 15) is 9.59 Å². The molecule has 1 aromatic rings. The molecule has 0 aromatic carbocycles. The summed E-state index contributed by atoms with van der Waals surface area (Å²) >= 11 is 0. The summed E-state index contributed by atoms with van der Waals surface area (Å²) in [7, 11) is 0. The summed E-state index contributed by atoms with van der Waals surface area (Å²) in [6.07, 6.45) is -0.0475. The number of nitrogens with one attached hydrogen (secondary N) is 2. The minimum Gasteiger partial charge on any atom is -0.480 e. The Bertz CT molecular complexity index is 438. The highest BCUT2D eigenvalue weighted by Gasteiger charge is 2.19. The lowest BCUT2D eigenvalue weighted by atomic mass is 10.2. The lowest BCUT2D eigenvalue weighted by Gasteiger charge is -2.13. The normalized spacial score (nSPS) is 11.9. The molecule has 0 aliphatic heterocycles. The highest BCUT2D eigenvalue weighted by atomic mass is 16.5. The van der Waals surface area contributed by atoms with Crippen LogP contribution in [0.5, 0.6) is 0 Å². The molecule has 0 spiro atoms. The van der Waals surface area contributed by atoms with Crippen LogP contribution in [0, 0.1) is 13.8 Å². The molecule has 1 heterocycles. The van der Waals surface area contributed by atoms with Crippen molar-refractivity contribution < 1.29 is 24.3 Å². The smallest absolute Gasteiger partial charge is 0.326 e. The van der Waals surface area contributed by atoms with Crippen LogP contribution in [-0.4, -0.2) is 40.0 Å². The molecule has 0 aliphatic rings. The molecular weight excluding hydrogens is 254 g/mol. The predicted molar refractivity (Wildman–Crippen MR) is 64.5 cm³/mol. The molecule has 2 amide bonds. The lowest BCUT2D eigenvalue weighted by molar-refractivity contribution is -0.139. The van der Waals surface area contributed by atoms with Crippen LogP contribution in [0.3, 0.4) is 0 Å². The fourth-order valence-corrected chi connectivity index (χ4v) is 1.52. The molecule has 0 unspecified atom stereocenters. The Kier molecular flexibility index (Phi) is 5.31. The number of nitrogens with zero attached hydrogens (tertiary/aromatic N) is 1. The van der Waals surface area contributed by atoms with Crippen molar-refractivity contribution in [3.05, 3.63) is 17.0 Å². The number of aliphatic carboxylic acids is 1. The number of hydrogen-bond donors (Lipinski definition) is 4.